The first kappa shape index (κ1) is 15.3. The molecule has 18 heavy (non-hydrogen) atoms. The molecule has 1 rings (SSSR count). The maximum atomic E-state index is 11.4. The lowest BCUT2D eigenvalue weighted by Gasteiger charge is -2.38. The van der Waals surface area contributed by atoms with Crippen molar-refractivity contribution >= 4 is 33.6 Å². The number of nitrogens with zero attached hydrogens (tertiary/aromatic N) is 1. The van der Waals surface area contributed by atoms with Gasteiger partial charge in [0, 0.05) is 15.0 Å². The minimum atomic E-state index is -0.939. The summed E-state index contributed by atoms with van der Waals surface area (Å²) in [6.07, 6.45) is -0.939. The monoisotopic (exact) mass is 333 g/mol. The Bertz CT molecular complexity index is 437. The molecule has 1 aromatic carbocycles. The second kappa shape index (κ2) is 5.49. The van der Waals surface area contributed by atoms with Crippen molar-refractivity contribution in [2.45, 2.75) is 39.3 Å². The third-order valence-corrected chi connectivity index (χ3v) is 3.36. The van der Waals surface area contributed by atoms with Gasteiger partial charge in [0.1, 0.15) is 0 Å². The Morgan fingerprint density at radius 3 is 2.33 bits per heavy atom. The lowest BCUT2D eigenvalue weighted by atomic mass is 10.00. The quantitative estimate of drug-likeness (QED) is 0.832. The first-order valence-corrected chi connectivity index (χ1v) is 6.78. The van der Waals surface area contributed by atoms with Crippen molar-refractivity contribution in [3.05, 3.63) is 33.3 Å². The van der Waals surface area contributed by atoms with E-state index >= 15 is 0 Å². The standard InChI is InChI=1S/C13H17BrClNO2/c1-8(16(12(17)18)13(2,3)4)9-5-10(14)7-11(15)6-9/h5-8H,1-4H3,(H,17,18). The second-order valence-corrected chi connectivity index (χ2v) is 6.55. The largest absolute Gasteiger partial charge is 0.465 e. The van der Waals surface area contributed by atoms with Crippen molar-refractivity contribution in [3.8, 4) is 0 Å². The maximum absolute atomic E-state index is 11.4. The van der Waals surface area contributed by atoms with Gasteiger partial charge in [0.25, 0.3) is 0 Å². The summed E-state index contributed by atoms with van der Waals surface area (Å²) in [5.41, 5.74) is 0.395. The second-order valence-electron chi connectivity index (χ2n) is 5.20. The molecule has 0 heterocycles. The molecule has 1 amide bonds. The third kappa shape index (κ3) is 3.62. The van der Waals surface area contributed by atoms with Crippen LogP contribution in [0.2, 0.25) is 5.02 Å². The fraction of sp³-hybridized carbons (Fsp3) is 0.462. The van der Waals surface area contributed by atoms with Gasteiger partial charge in [-0.25, -0.2) is 4.79 Å². The molecule has 0 fully saturated rings. The Morgan fingerprint density at radius 2 is 1.94 bits per heavy atom. The molecule has 0 aliphatic rings. The van der Waals surface area contributed by atoms with Gasteiger partial charge in [0.05, 0.1) is 6.04 Å². The van der Waals surface area contributed by atoms with Crippen LogP contribution >= 0.6 is 27.5 Å². The van der Waals surface area contributed by atoms with E-state index in [4.69, 9.17) is 11.6 Å². The van der Waals surface area contributed by atoms with E-state index in [1.54, 1.807) is 12.1 Å². The van der Waals surface area contributed by atoms with E-state index in [9.17, 15) is 9.90 Å². The zero-order valence-corrected chi connectivity index (χ0v) is 13.2. The summed E-state index contributed by atoms with van der Waals surface area (Å²) in [4.78, 5) is 12.8. The van der Waals surface area contributed by atoms with Crippen LogP contribution in [0.5, 0.6) is 0 Å². The number of hydrogen-bond acceptors (Lipinski definition) is 1. The Labute approximate surface area is 121 Å². The maximum Gasteiger partial charge on any atom is 0.408 e. The van der Waals surface area contributed by atoms with Gasteiger partial charge < -0.3 is 5.11 Å². The molecular formula is C13H17BrClNO2. The Kier molecular flexibility index (Phi) is 4.67. The fourth-order valence-electron chi connectivity index (χ4n) is 2.00. The zero-order chi connectivity index (χ0) is 14.1. The topological polar surface area (TPSA) is 40.5 Å². The minimum absolute atomic E-state index is 0.266. The molecule has 0 bridgehead atoms. The number of hydrogen-bond donors (Lipinski definition) is 1. The van der Waals surface area contributed by atoms with Crippen LogP contribution in [-0.2, 0) is 0 Å². The highest BCUT2D eigenvalue weighted by Gasteiger charge is 2.31. The molecular weight excluding hydrogens is 318 g/mol. The van der Waals surface area contributed by atoms with Crippen LogP contribution < -0.4 is 0 Å². The summed E-state index contributed by atoms with van der Waals surface area (Å²) in [6, 6.07) is 5.19. The summed E-state index contributed by atoms with van der Waals surface area (Å²) in [7, 11) is 0. The molecule has 1 unspecified atom stereocenters. The first-order chi connectivity index (χ1) is 8.12. The molecule has 0 aliphatic heterocycles. The number of carbonyl (C=O) groups is 1. The van der Waals surface area contributed by atoms with Crippen LogP contribution in [0.3, 0.4) is 0 Å². The molecule has 0 aliphatic carbocycles. The minimum Gasteiger partial charge on any atom is -0.465 e. The summed E-state index contributed by atoms with van der Waals surface area (Å²) < 4.78 is 0.844. The smallest absolute Gasteiger partial charge is 0.408 e. The van der Waals surface area contributed by atoms with Crippen LogP contribution in [0.25, 0.3) is 0 Å². The van der Waals surface area contributed by atoms with E-state index in [-0.39, 0.29) is 6.04 Å². The Hall–Kier alpha value is -0.740. The lowest BCUT2D eigenvalue weighted by Crippen LogP contribution is -2.46. The van der Waals surface area contributed by atoms with Crippen LogP contribution in [-0.4, -0.2) is 21.6 Å². The summed E-state index contributed by atoms with van der Waals surface area (Å²) >= 11 is 9.36. The molecule has 0 spiro atoms. The van der Waals surface area contributed by atoms with Gasteiger partial charge in [-0.15, -0.1) is 0 Å². The van der Waals surface area contributed by atoms with Crippen molar-refractivity contribution in [2.24, 2.45) is 0 Å². The third-order valence-electron chi connectivity index (χ3n) is 2.68. The van der Waals surface area contributed by atoms with E-state index < -0.39 is 11.6 Å². The zero-order valence-electron chi connectivity index (χ0n) is 10.9. The van der Waals surface area contributed by atoms with Crippen molar-refractivity contribution < 1.29 is 9.90 Å². The summed E-state index contributed by atoms with van der Waals surface area (Å²) in [5.74, 6) is 0. The SMILES string of the molecule is CC(c1cc(Cl)cc(Br)c1)N(C(=O)O)C(C)(C)C. The molecule has 3 nitrogen and oxygen atoms in total. The molecule has 0 aromatic heterocycles. The van der Waals surface area contributed by atoms with Gasteiger partial charge >= 0.3 is 6.09 Å². The van der Waals surface area contributed by atoms with Crippen molar-refractivity contribution in [1.29, 1.82) is 0 Å². The molecule has 0 saturated heterocycles. The number of amides is 1. The number of rotatable bonds is 2. The molecule has 5 heteroatoms. The predicted octanol–water partition coefficient (Wildman–Crippen LogP) is 4.94. The highest BCUT2D eigenvalue weighted by Crippen LogP contribution is 2.31. The fourth-order valence-corrected chi connectivity index (χ4v) is 2.89. The van der Waals surface area contributed by atoms with E-state index in [1.807, 2.05) is 33.8 Å². The van der Waals surface area contributed by atoms with Crippen LogP contribution in [0.1, 0.15) is 39.3 Å². The van der Waals surface area contributed by atoms with E-state index in [0.717, 1.165) is 10.0 Å². The number of carboxylic acid groups (broad SMARTS) is 1. The highest BCUT2D eigenvalue weighted by atomic mass is 79.9. The molecule has 1 atom stereocenters. The molecule has 1 N–H and O–H groups in total. The van der Waals surface area contributed by atoms with Crippen molar-refractivity contribution in [3.63, 3.8) is 0 Å². The van der Waals surface area contributed by atoms with Gasteiger partial charge in [0.2, 0.25) is 0 Å². The van der Waals surface area contributed by atoms with Gasteiger partial charge in [-0.05, 0) is 51.5 Å². The average Bonchev–Trinajstić information content (AvgIpc) is 2.12. The van der Waals surface area contributed by atoms with Gasteiger partial charge in [0.15, 0.2) is 0 Å². The van der Waals surface area contributed by atoms with Crippen molar-refractivity contribution in [2.75, 3.05) is 0 Å². The molecule has 0 saturated carbocycles. The summed E-state index contributed by atoms with van der Waals surface area (Å²) in [6.45, 7) is 7.48. The Balaban J connectivity index is 3.18. The van der Waals surface area contributed by atoms with Crippen molar-refractivity contribution in [1.82, 2.24) is 4.90 Å². The van der Waals surface area contributed by atoms with Gasteiger partial charge in [-0.1, -0.05) is 27.5 Å². The van der Waals surface area contributed by atoms with Gasteiger partial charge in [-0.3, -0.25) is 4.90 Å². The van der Waals surface area contributed by atoms with Gasteiger partial charge in [-0.2, -0.15) is 0 Å². The normalized spacial score (nSPS) is 13.2. The first-order valence-electron chi connectivity index (χ1n) is 5.61. The Morgan fingerprint density at radius 1 is 1.39 bits per heavy atom. The number of halogens is 2. The average molecular weight is 335 g/mol. The highest BCUT2D eigenvalue weighted by molar-refractivity contribution is 9.10. The molecule has 1 aromatic rings. The molecule has 100 valence electrons. The van der Waals surface area contributed by atoms with Crippen LogP contribution in [0.4, 0.5) is 4.79 Å². The summed E-state index contributed by atoms with van der Waals surface area (Å²) in [5, 5.41) is 9.95. The van der Waals surface area contributed by atoms with Crippen LogP contribution in [0.15, 0.2) is 22.7 Å². The lowest BCUT2D eigenvalue weighted by molar-refractivity contribution is 0.0753. The number of benzene rings is 1. The van der Waals surface area contributed by atoms with E-state index in [0.29, 0.717) is 5.02 Å². The predicted molar refractivity (Wildman–Crippen MR) is 77.2 cm³/mol. The van der Waals surface area contributed by atoms with E-state index in [1.165, 1.54) is 4.90 Å². The van der Waals surface area contributed by atoms with E-state index in [2.05, 4.69) is 15.9 Å². The molecule has 0 radical (unpaired) electrons. The van der Waals surface area contributed by atoms with Crippen LogP contribution in [0, 0.1) is 0 Å².